The molecule has 0 radical (unpaired) electrons. The zero-order chi connectivity index (χ0) is 21.9. The van der Waals surface area contributed by atoms with Crippen LogP contribution in [-0.4, -0.2) is 37.1 Å². The maximum atomic E-state index is 13.2. The van der Waals surface area contributed by atoms with E-state index < -0.39 is 27.9 Å². The van der Waals surface area contributed by atoms with Gasteiger partial charge in [0, 0.05) is 22.1 Å². The summed E-state index contributed by atoms with van der Waals surface area (Å²) in [7, 11) is -3.93. The molecule has 2 aromatic carbocycles. The molecule has 0 aliphatic carbocycles. The van der Waals surface area contributed by atoms with Crippen molar-refractivity contribution in [1.82, 2.24) is 4.31 Å². The number of ether oxygens (including phenoxy) is 1. The van der Waals surface area contributed by atoms with E-state index in [2.05, 4.69) is 15.9 Å². The Kier molecular flexibility index (Phi) is 7.05. The molecule has 0 bridgehead atoms. The Morgan fingerprint density at radius 1 is 1.17 bits per heavy atom. The minimum atomic E-state index is -3.93. The van der Waals surface area contributed by atoms with Gasteiger partial charge in [0.2, 0.25) is 10.0 Å². The molecule has 0 saturated carbocycles. The second-order valence-electron chi connectivity index (χ2n) is 7.05. The molecule has 160 valence electrons. The first-order chi connectivity index (χ1) is 14.2. The quantitative estimate of drug-likeness (QED) is 0.443. The second kappa shape index (κ2) is 9.36. The zero-order valence-electron chi connectivity index (χ0n) is 16.3. The molecule has 1 heterocycles. The summed E-state index contributed by atoms with van der Waals surface area (Å²) in [5, 5.41) is 0. The summed E-state index contributed by atoms with van der Waals surface area (Å²) in [5.41, 5.74) is 0.989. The number of hydrogen-bond acceptors (Lipinski definition) is 5. The summed E-state index contributed by atoms with van der Waals surface area (Å²) >= 11 is 3.22. The predicted molar refractivity (Wildman–Crippen MR) is 112 cm³/mol. The molecule has 1 aliphatic rings. The number of carbonyl (C=O) groups is 2. The van der Waals surface area contributed by atoms with Gasteiger partial charge in [-0.05, 0) is 50.5 Å². The number of halogens is 2. The highest BCUT2D eigenvalue weighted by atomic mass is 79.9. The van der Waals surface area contributed by atoms with Crippen LogP contribution in [0, 0.1) is 5.82 Å². The summed E-state index contributed by atoms with van der Waals surface area (Å²) in [6.07, 6.45) is 1.70. The third-order valence-corrected chi connectivity index (χ3v) is 7.64. The average Bonchev–Trinajstić information content (AvgIpc) is 2.73. The van der Waals surface area contributed by atoms with E-state index in [1.54, 1.807) is 0 Å². The van der Waals surface area contributed by atoms with Crippen LogP contribution in [0.3, 0.4) is 0 Å². The van der Waals surface area contributed by atoms with Gasteiger partial charge in [-0.15, -0.1) is 0 Å². The third kappa shape index (κ3) is 4.96. The number of sulfonamides is 1. The Bertz CT molecular complexity index is 1060. The number of Topliss-reactive ketones (excluding diaryl/α,β-unsaturated/α-hetero) is 1. The van der Waals surface area contributed by atoms with E-state index in [1.165, 1.54) is 53.7 Å². The third-order valence-electron chi connectivity index (χ3n) is 4.98. The maximum Gasteiger partial charge on any atom is 0.324 e. The molecule has 0 spiro atoms. The van der Waals surface area contributed by atoms with Crippen LogP contribution in [0.15, 0.2) is 51.8 Å². The number of hydrogen-bond donors (Lipinski definition) is 0. The fourth-order valence-corrected chi connectivity index (χ4v) is 5.42. The molecule has 6 nitrogen and oxygen atoms in total. The van der Waals surface area contributed by atoms with E-state index in [4.69, 9.17) is 4.74 Å². The molecule has 3 rings (SSSR count). The predicted octanol–water partition coefficient (Wildman–Crippen LogP) is 4.08. The maximum absolute atomic E-state index is 13.2. The van der Waals surface area contributed by atoms with Gasteiger partial charge in [-0.3, -0.25) is 9.59 Å². The van der Waals surface area contributed by atoms with Crippen molar-refractivity contribution in [3.63, 3.8) is 0 Å². The lowest BCUT2D eigenvalue weighted by Crippen LogP contribution is -2.48. The number of carbonyl (C=O) groups excluding carboxylic acids is 2. The van der Waals surface area contributed by atoms with Crippen molar-refractivity contribution in [3.05, 3.63) is 63.9 Å². The number of esters is 1. The molecule has 0 aromatic heterocycles. The molecule has 1 aliphatic heterocycles. The molecule has 0 N–H and O–H groups in total. The SMILES string of the molecule is CC(=O)c1ccc(S(=O)(=O)N2CCCCC2C(=O)OCc2ccc(F)cc2Br)cc1. The monoisotopic (exact) mass is 497 g/mol. The van der Waals surface area contributed by atoms with Crippen LogP contribution in [-0.2, 0) is 26.2 Å². The van der Waals surface area contributed by atoms with Gasteiger partial charge in [-0.2, -0.15) is 4.31 Å². The summed E-state index contributed by atoms with van der Waals surface area (Å²) in [6.45, 7) is 1.51. The van der Waals surface area contributed by atoms with Gasteiger partial charge in [0.15, 0.2) is 5.78 Å². The van der Waals surface area contributed by atoms with Gasteiger partial charge >= 0.3 is 5.97 Å². The van der Waals surface area contributed by atoms with Crippen molar-refractivity contribution in [1.29, 1.82) is 0 Å². The van der Waals surface area contributed by atoms with Crippen molar-refractivity contribution < 1.29 is 27.1 Å². The van der Waals surface area contributed by atoms with Crippen LogP contribution < -0.4 is 0 Å². The minimum Gasteiger partial charge on any atom is -0.460 e. The molecular weight excluding hydrogens is 477 g/mol. The molecule has 30 heavy (non-hydrogen) atoms. The van der Waals surface area contributed by atoms with Gasteiger partial charge in [0.1, 0.15) is 18.5 Å². The van der Waals surface area contributed by atoms with Crippen molar-refractivity contribution in [2.24, 2.45) is 0 Å². The molecule has 1 unspecified atom stereocenters. The summed E-state index contributed by atoms with van der Waals surface area (Å²) in [6, 6.07) is 8.75. The van der Waals surface area contributed by atoms with Crippen LogP contribution in [0.2, 0.25) is 0 Å². The molecule has 9 heteroatoms. The van der Waals surface area contributed by atoms with Crippen LogP contribution in [0.4, 0.5) is 4.39 Å². The number of rotatable bonds is 6. The van der Waals surface area contributed by atoms with Crippen molar-refractivity contribution in [2.45, 2.75) is 43.7 Å². The minimum absolute atomic E-state index is 0.0217. The van der Waals surface area contributed by atoms with Gasteiger partial charge < -0.3 is 4.74 Å². The molecule has 1 fully saturated rings. The van der Waals surface area contributed by atoms with Crippen LogP contribution in [0.25, 0.3) is 0 Å². The summed E-state index contributed by atoms with van der Waals surface area (Å²) < 4.78 is 46.5. The van der Waals surface area contributed by atoms with E-state index in [0.717, 1.165) is 0 Å². The Balaban J connectivity index is 1.77. The standard InChI is InChI=1S/C21H21BrFNO5S/c1-14(25)15-6-9-18(10-7-15)30(27,28)24-11-3-2-4-20(24)21(26)29-13-16-5-8-17(23)12-19(16)22/h5-10,12,20H,2-4,11,13H2,1H3. The lowest BCUT2D eigenvalue weighted by atomic mass is 10.1. The Hall–Kier alpha value is -2.10. The highest BCUT2D eigenvalue weighted by Gasteiger charge is 2.38. The van der Waals surface area contributed by atoms with Gasteiger partial charge in [-0.1, -0.05) is 34.1 Å². The molecule has 1 saturated heterocycles. The largest absolute Gasteiger partial charge is 0.460 e. The number of piperidine rings is 1. The molecule has 2 aromatic rings. The second-order valence-corrected chi connectivity index (χ2v) is 9.80. The van der Waals surface area contributed by atoms with E-state index in [0.29, 0.717) is 34.9 Å². The van der Waals surface area contributed by atoms with Crippen LogP contribution in [0.1, 0.15) is 42.1 Å². The zero-order valence-corrected chi connectivity index (χ0v) is 18.7. The first-order valence-electron chi connectivity index (χ1n) is 9.43. The summed E-state index contributed by atoms with van der Waals surface area (Å²) in [4.78, 5) is 24.2. The van der Waals surface area contributed by atoms with Gasteiger partial charge in [0.25, 0.3) is 0 Å². The van der Waals surface area contributed by atoms with Crippen molar-refractivity contribution in [3.8, 4) is 0 Å². The number of nitrogens with zero attached hydrogens (tertiary/aromatic N) is 1. The van der Waals surface area contributed by atoms with Gasteiger partial charge in [0.05, 0.1) is 4.90 Å². The first kappa shape index (κ1) is 22.6. The molecule has 0 amide bonds. The topological polar surface area (TPSA) is 80.8 Å². The van der Waals surface area contributed by atoms with Crippen molar-refractivity contribution in [2.75, 3.05) is 6.54 Å². The highest BCUT2D eigenvalue weighted by molar-refractivity contribution is 9.10. The molecule has 1 atom stereocenters. The van der Waals surface area contributed by atoms with E-state index in [-0.39, 0.29) is 23.8 Å². The number of benzene rings is 2. The average molecular weight is 498 g/mol. The van der Waals surface area contributed by atoms with Crippen molar-refractivity contribution >= 4 is 37.7 Å². The van der Waals surface area contributed by atoms with E-state index >= 15 is 0 Å². The lowest BCUT2D eigenvalue weighted by molar-refractivity contribution is -0.150. The summed E-state index contributed by atoms with van der Waals surface area (Å²) in [5.74, 6) is -1.22. The first-order valence-corrected chi connectivity index (χ1v) is 11.7. The fraction of sp³-hybridized carbons (Fsp3) is 0.333. The smallest absolute Gasteiger partial charge is 0.324 e. The highest BCUT2D eigenvalue weighted by Crippen LogP contribution is 2.27. The number of ketones is 1. The van der Waals surface area contributed by atoms with E-state index in [1.807, 2.05) is 0 Å². The lowest BCUT2D eigenvalue weighted by Gasteiger charge is -2.33. The van der Waals surface area contributed by atoms with Gasteiger partial charge in [-0.25, -0.2) is 12.8 Å². The Morgan fingerprint density at radius 3 is 2.50 bits per heavy atom. The van der Waals surface area contributed by atoms with E-state index in [9.17, 15) is 22.4 Å². The van der Waals surface area contributed by atoms with Crippen LogP contribution in [0.5, 0.6) is 0 Å². The van der Waals surface area contributed by atoms with Crippen LogP contribution >= 0.6 is 15.9 Å². The Labute approximate surface area is 183 Å². The Morgan fingerprint density at radius 2 is 1.87 bits per heavy atom. The normalized spacial score (nSPS) is 17.5. The fourth-order valence-electron chi connectivity index (χ4n) is 3.31. The molecular formula is C21H21BrFNO5S.